The zero-order valence-corrected chi connectivity index (χ0v) is 42.6. The van der Waals surface area contributed by atoms with E-state index in [9.17, 15) is 29.4 Å². The molecule has 0 bridgehead atoms. The molecule has 8 aromatic rings. The molecule has 12 N–H and O–H groups in total. The van der Waals surface area contributed by atoms with E-state index < -0.39 is 51.4 Å². The van der Waals surface area contributed by atoms with E-state index in [1.165, 1.54) is 24.5 Å². The van der Waals surface area contributed by atoms with Gasteiger partial charge in [0.25, 0.3) is 22.9 Å². The number of nitrogens with two attached hydrogens (primary N) is 4. The van der Waals surface area contributed by atoms with Crippen LogP contribution in [-0.4, -0.2) is 99.0 Å². The fraction of sp³-hybridized carbons (Fsp3) is 0.224. The number of rotatable bonds is 12. The molecule has 26 heteroatoms. The monoisotopic (exact) mass is 1090 g/mol. The molecule has 2 aromatic carbocycles. The molecule has 10 rings (SSSR count). The van der Waals surface area contributed by atoms with Crippen LogP contribution >= 0.6 is 46.7 Å². The normalized spacial score (nSPS) is 15.3. The van der Waals surface area contributed by atoms with Crippen LogP contribution in [0.4, 0.5) is 34.6 Å². The molecular weight excluding hydrogens is 1040 g/mol. The minimum Gasteiger partial charge on any atom is -0.493 e. The zero-order chi connectivity index (χ0) is 52.8. The van der Waals surface area contributed by atoms with E-state index >= 15 is 0 Å². The predicted molar refractivity (Wildman–Crippen MR) is 287 cm³/mol. The van der Waals surface area contributed by atoms with Gasteiger partial charge < -0.3 is 53.6 Å². The third-order valence-corrected chi connectivity index (χ3v) is 16.9. The Morgan fingerprint density at radius 1 is 0.627 bits per heavy atom. The molecule has 75 heavy (non-hydrogen) atoms. The highest BCUT2D eigenvalue weighted by molar-refractivity contribution is 7.99. The van der Waals surface area contributed by atoms with Crippen LogP contribution in [0.25, 0.3) is 11.3 Å². The van der Waals surface area contributed by atoms with Gasteiger partial charge in [0, 0.05) is 59.3 Å². The summed E-state index contributed by atoms with van der Waals surface area (Å²) in [5.74, 6) is -1.66. The number of nitrogens with one attached hydrogen (secondary N) is 2. The van der Waals surface area contributed by atoms with Crippen LogP contribution in [0.2, 0.25) is 10.0 Å². The van der Waals surface area contributed by atoms with Crippen LogP contribution in [0.1, 0.15) is 46.4 Å². The van der Waals surface area contributed by atoms with Crippen molar-refractivity contribution in [1.29, 1.82) is 0 Å². The summed E-state index contributed by atoms with van der Waals surface area (Å²) in [4.78, 5) is 84.5. The molecule has 0 saturated carbocycles. The maximum atomic E-state index is 13.3. The van der Waals surface area contributed by atoms with E-state index in [-0.39, 0.29) is 49.8 Å². The van der Waals surface area contributed by atoms with E-state index in [4.69, 9.17) is 56.1 Å². The number of hydrogen-bond acceptors (Lipinski definition) is 20. The van der Waals surface area contributed by atoms with Gasteiger partial charge in [-0.3, -0.25) is 28.0 Å². The first-order valence-electron chi connectivity index (χ1n) is 23.3. The fourth-order valence-corrected chi connectivity index (χ4v) is 11.7. The van der Waals surface area contributed by atoms with E-state index in [1.54, 1.807) is 73.1 Å². The van der Waals surface area contributed by atoms with Crippen LogP contribution in [0.15, 0.2) is 127 Å². The summed E-state index contributed by atoms with van der Waals surface area (Å²) in [6, 6.07) is 19.5. The largest absolute Gasteiger partial charge is 0.493 e. The average Bonchev–Trinajstić information content (AvgIpc) is 3.40. The Hall–Kier alpha value is -7.74. The maximum absolute atomic E-state index is 13.3. The van der Waals surface area contributed by atoms with Gasteiger partial charge in [0.05, 0.1) is 33.8 Å². The molecule has 2 saturated heterocycles. The van der Waals surface area contributed by atoms with Gasteiger partial charge in [0.1, 0.15) is 33.0 Å². The number of hydrogen-bond donors (Lipinski definition) is 8. The molecule has 2 amide bonds. The van der Waals surface area contributed by atoms with Gasteiger partial charge in [0.15, 0.2) is 22.8 Å². The fourth-order valence-electron chi connectivity index (χ4n) is 9.46. The molecular formula is C49H46Cl2N16O6S2. The summed E-state index contributed by atoms with van der Waals surface area (Å²) in [5.41, 5.74) is 24.1. The van der Waals surface area contributed by atoms with Gasteiger partial charge >= 0.3 is 0 Å². The number of nitrogens with zero attached hydrogens (tertiary/aromatic N) is 10. The third-order valence-electron chi connectivity index (χ3n) is 13.7. The second kappa shape index (κ2) is 20.5. The molecule has 0 atom stereocenters. The lowest BCUT2D eigenvalue weighted by atomic mass is 9.60. The molecule has 0 unspecified atom stereocenters. The van der Waals surface area contributed by atoms with Gasteiger partial charge in [-0.05, 0) is 80.8 Å². The Morgan fingerprint density at radius 2 is 1.05 bits per heavy atom. The van der Waals surface area contributed by atoms with E-state index in [1.807, 2.05) is 0 Å². The molecule has 2 aliphatic heterocycles. The number of amides is 2. The molecule has 0 radical (unpaired) electrons. The summed E-state index contributed by atoms with van der Waals surface area (Å²) < 4.78 is 2.32. The molecule has 22 nitrogen and oxygen atoms in total. The predicted octanol–water partition coefficient (Wildman–Crippen LogP) is 5.52. The van der Waals surface area contributed by atoms with Crippen molar-refractivity contribution < 1.29 is 19.8 Å². The van der Waals surface area contributed by atoms with Crippen molar-refractivity contribution in [3.05, 3.63) is 139 Å². The lowest BCUT2D eigenvalue weighted by Crippen LogP contribution is -2.66. The van der Waals surface area contributed by atoms with Crippen LogP contribution in [-0.2, 0) is 0 Å². The second-order valence-electron chi connectivity index (χ2n) is 17.9. The molecule has 0 aliphatic carbocycles. The maximum Gasteiger partial charge on any atom is 0.274 e. The third kappa shape index (κ3) is 9.66. The van der Waals surface area contributed by atoms with Gasteiger partial charge in [-0.1, -0.05) is 71.0 Å². The Bertz CT molecular complexity index is 3700. The van der Waals surface area contributed by atoms with Gasteiger partial charge in [0.2, 0.25) is 11.8 Å². The number of pyridine rings is 2. The van der Waals surface area contributed by atoms with Crippen molar-refractivity contribution in [2.24, 2.45) is 16.9 Å². The number of carbonyl (C=O) groups excluding carboxylic acids is 2. The van der Waals surface area contributed by atoms with Crippen LogP contribution in [0, 0.1) is 5.41 Å². The van der Waals surface area contributed by atoms with Gasteiger partial charge in [-0.25, -0.2) is 19.9 Å². The highest BCUT2D eigenvalue weighted by Crippen LogP contribution is 2.47. The summed E-state index contributed by atoms with van der Waals surface area (Å²) in [6.45, 7) is 2.81. The van der Waals surface area contributed by atoms with Crippen LogP contribution in [0.3, 0.4) is 0 Å². The lowest BCUT2D eigenvalue weighted by Gasteiger charge is -2.55. The summed E-state index contributed by atoms with van der Waals surface area (Å²) in [5, 5.41) is 27.3. The van der Waals surface area contributed by atoms with E-state index in [2.05, 4.69) is 40.4 Å². The van der Waals surface area contributed by atoms with Crippen molar-refractivity contribution in [2.45, 2.75) is 51.1 Å². The molecule has 2 fully saturated rings. The van der Waals surface area contributed by atoms with Crippen molar-refractivity contribution in [2.75, 3.05) is 64.6 Å². The number of carbonyl (C=O) groups is 2. The van der Waals surface area contributed by atoms with Crippen molar-refractivity contribution >= 4 is 104 Å². The number of aromatic hydroxyl groups is 2. The highest BCUT2D eigenvalue weighted by Gasteiger charge is 2.50. The SMILES string of the molecule is NCC1(C2(N)CCN(c3cnc(Sc4cccc(NC(=O)c5c(O)nc6ccccn6c5=O)c4Cl)c(N)n3)CC2)CCN(c2cnc(Sc3cccc(NC(=O)c4c(O)nc5ccccn5c4=O)c3Cl)c(N)n2)CC1. The average molecular weight is 1090 g/mol. The number of benzene rings is 2. The Labute approximate surface area is 444 Å². The first-order valence-corrected chi connectivity index (χ1v) is 25.7. The minimum atomic E-state index is -0.887. The number of halogens is 2. The number of piperidine rings is 2. The Balaban J connectivity index is 0.745. The van der Waals surface area contributed by atoms with Gasteiger partial charge in [-0.15, -0.1) is 0 Å². The molecule has 8 heterocycles. The summed E-state index contributed by atoms with van der Waals surface area (Å²) in [7, 11) is 0. The van der Waals surface area contributed by atoms with Crippen molar-refractivity contribution in [3.8, 4) is 11.8 Å². The first-order chi connectivity index (χ1) is 36.1. The summed E-state index contributed by atoms with van der Waals surface area (Å²) >= 11 is 15.8. The standard InChI is InChI=1S/C49H46Cl2N16O6S2/c50-36-26(58-40(68)34-42(70)62-30-11-1-3-17-66(30)46(34)72)7-5-9-28(36)74-44-38(53)60-32(23-56-44)64-19-13-48(25-52,14-20-64)49(55)15-21-65(22-16-49)33-24-57-45(39(54)61-33)75-29-10-6-8-27(37(29)51)59-41(69)35-43(71)63-31-12-2-4-18-67(31)47(35)73/h1-12,17-18,23-24,70-71H,13-16,19-22,25,52,55H2,(H2,53,60)(H2,54,61)(H,58,68)(H,59,69). The van der Waals surface area contributed by atoms with E-state index in [0.717, 1.165) is 32.3 Å². The topological polar surface area (TPSA) is 330 Å². The Morgan fingerprint density at radius 3 is 1.47 bits per heavy atom. The van der Waals surface area contributed by atoms with Crippen LogP contribution in [0.5, 0.6) is 11.8 Å². The van der Waals surface area contributed by atoms with Gasteiger partial charge in [-0.2, -0.15) is 9.97 Å². The first kappa shape index (κ1) is 50.8. The summed E-state index contributed by atoms with van der Waals surface area (Å²) in [6.07, 6.45) is 8.89. The smallest absolute Gasteiger partial charge is 0.274 e. The van der Waals surface area contributed by atoms with Crippen molar-refractivity contribution in [3.63, 3.8) is 0 Å². The number of fused-ring (bicyclic) bond motifs is 2. The quantitative estimate of drug-likeness (QED) is 0.0747. The molecule has 0 spiro atoms. The lowest BCUT2D eigenvalue weighted by molar-refractivity contribution is 0.0690. The van der Waals surface area contributed by atoms with Crippen molar-refractivity contribution in [1.82, 2.24) is 38.7 Å². The van der Waals surface area contributed by atoms with E-state index in [0.29, 0.717) is 89.9 Å². The minimum absolute atomic E-state index is 0.159. The number of anilines is 6. The highest BCUT2D eigenvalue weighted by atomic mass is 35.5. The number of aromatic nitrogens is 8. The second-order valence-corrected chi connectivity index (χ2v) is 20.7. The Kier molecular flexibility index (Phi) is 13.9. The molecule has 2 aliphatic rings. The zero-order valence-electron chi connectivity index (χ0n) is 39.5. The molecule has 6 aromatic heterocycles. The van der Waals surface area contributed by atoms with Crippen LogP contribution < -0.4 is 54.5 Å². The number of nitrogen functional groups attached to an aromatic ring is 2. The molecule has 384 valence electrons.